The van der Waals surface area contributed by atoms with Crippen molar-refractivity contribution in [1.82, 2.24) is 5.32 Å². The quantitative estimate of drug-likeness (QED) is 0.605. The Kier molecular flexibility index (Phi) is 5.63. The first kappa shape index (κ1) is 16.1. The highest BCUT2D eigenvalue weighted by Crippen LogP contribution is 2.25. The Morgan fingerprint density at radius 1 is 1.50 bits per heavy atom. The zero-order valence-electron chi connectivity index (χ0n) is 11.5. The lowest BCUT2D eigenvalue weighted by Gasteiger charge is -2.12. The Bertz CT molecular complexity index is 548. The van der Waals surface area contributed by atoms with Crippen LogP contribution in [0.5, 0.6) is 0 Å². The third kappa shape index (κ3) is 4.02. The lowest BCUT2D eigenvalue weighted by molar-refractivity contribution is -0.384. The number of carbonyl (C=O) groups is 1. The first-order valence-electron chi connectivity index (χ1n) is 5.93. The molecule has 110 valence electrons. The summed E-state index contributed by atoms with van der Waals surface area (Å²) in [6.45, 7) is 2.10. The minimum absolute atomic E-state index is 0.119. The van der Waals surface area contributed by atoms with Gasteiger partial charge in [-0.05, 0) is 19.1 Å². The normalized spacial score (nSPS) is 13.3. The molecule has 0 aliphatic heterocycles. The molecular formula is C12H17N3O4S. The predicted molar refractivity (Wildman–Crippen MR) is 78.5 cm³/mol. The molecule has 0 bridgehead atoms. The fourth-order valence-corrected chi connectivity index (χ4v) is 1.81. The van der Waals surface area contributed by atoms with Crippen molar-refractivity contribution in [3.63, 3.8) is 0 Å². The standard InChI is InChI=1S/C12H17N3O4S/c1-8(20(3)19)7-14-10-6-9(12(16)13-2)4-5-11(10)15(17)18/h4-6,8,14H,7H2,1-3H3,(H,13,16). The number of hydrogen-bond donors (Lipinski definition) is 2. The molecule has 1 amide bonds. The smallest absolute Gasteiger partial charge is 0.292 e. The fraction of sp³-hybridized carbons (Fsp3) is 0.417. The van der Waals surface area contributed by atoms with Gasteiger partial charge < -0.3 is 10.6 Å². The second kappa shape index (κ2) is 6.99. The van der Waals surface area contributed by atoms with Crippen LogP contribution < -0.4 is 10.6 Å². The van der Waals surface area contributed by atoms with Crippen molar-refractivity contribution in [3.8, 4) is 0 Å². The summed E-state index contributed by atoms with van der Waals surface area (Å²) in [5.41, 5.74) is 0.450. The molecule has 2 N–H and O–H groups in total. The van der Waals surface area contributed by atoms with Crippen LogP contribution in [0.1, 0.15) is 17.3 Å². The monoisotopic (exact) mass is 299 g/mol. The Hall–Kier alpha value is -1.96. The maximum atomic E-state index is 11.5. The molecule has 0 radical (unpaired) electrons. The fourth-order valence-electron chi connectivity index (χ4n) is 1.49. The van der Waals surface area contributed by atoms with Crippen molar-refractivity contribution < 1.29 is 13.9 Å². The highest BCUT2D eigenvalue weighted by atomic mass is 32.2. The van der Waals surface area contributed by atoms with Crippen LogP contribution in [0.3, 0.4) is 0 Å². The second-order valence-electron chi connectivity index (χ2n) is 4.26. The first-order valence-corrected chi connectivity index (χ1v) is 7.55. The van der Waals surface area contributed by atoms with E-state index in [1.54, 1.807) is 13.2 Å². The number of benzene rings is 1. The number of nitrogens with one attached hydrogen (secondary N) is 2. The molecule has 0 aromatic heterocycles. The molecule has 1 aromatic rings. The van der Waals surface area contributed by atoms with Gasteiger partial charge in [0, 0.05) is 47.5 Å². The van der Waals surface area contributed by atoms with Crippen LogP contribution in [0.25, 0.3) is 0 Å². The first-order chi connectivity index (χ1) is 9.36. The molecule has 0 saturated carbocycles. The molecule has 0 fully saturated rings. The van der Waals surface area contributed by atoms with Crippen molar-refractivity contribution in [3.05, 3.63) is 33.9 Å². The van der Waals surface area contributed by atoms with Crippen molar-refractivity contribution >= 4 is 28.1 Å². The second-order valence-corrected chi connectivity index (χ2v) is 6.06. The Balaban J connectivity index is 3.03. The third-order valence-corrected chi connectivity index (χ3v) is 4.13. The highest BCUT2D eigenvalue weighted by molar-refractivity contribution is 7.84. The van der Waals surface area contributed by atoms with E-state index in [4.69, 9.17) is 0 Å². The summed E-state index contributed by atoms with van der Waals surface area (Å²) in [6.07, 6.45) is 1.57. The van der Waals surface area contributed by atoms with Gasteiger partial charge in [0.15, 0.2) is 0 Å². The Morgan fingerprint density at radius 3 is 2.65 bits per heavy atom. The molecule has 0 spiro atoms. The van der Waals surface area contributed by atoms with E-state index in [-0.39, 0.29) is 22.5 Å². The lowest BCUT2D eigenvalue weighted by atomic mass is 10.1. The molecule has 0 aliphatic carbocycles. The molecule has 0 aliphatic rings. The predicted octanol–water partition coefficient (Wildman–Crippen LogP) is 1.13. The number of nitro groups is 1. The minimum atomic E-state index is -1.03. The van der Waals surface area contributed by atoms with E-state index in [0.29, 0.717) is 12.1 Å². The van der Waals surface area contributed by atoms with Gasteiger partial charge in [-0.15, -0.1) is 0 Å². The molecular weight excluding hydrogens is 282 g/mol. The van der Waals surface area contributed by atoms with Crippen LogP contribution in [0.2, 0.25) is 0 Å². The van der Waals surface area contributed by atoms with Crippen LogP contribution in [-0.4, -0.2) is 40.1 Å². The lowest BCUT2D eigenvalue weighted by Crippen LogP contribution is -2.22. The molecule has 8 heteroatoms. The zero-order valence-corrected chi connectivity index (χ0v) is 12.3. The number of hydrogen-bond acceptors (Lipinski definition) is 5. The van der Waals surface area contributed by atoms with E-state index in [1.807, 2.05) is 0 Å². The van der Waals surface area contributed by atoms with Gasteiger partial charge in [-0.2, -0.15) is 0 Å². The van der Waals surface area contributed by atoms with Crippen LogP contribution in [0, 0.1) is 10.1 Å². The Labute approximate surface area is 119 Å². The van der Waals surface area contributed by atoms with Crippen LogP contribution in [0.15, 0.2) is 18.2 Å². The van der Waals surface area contributed by atoms with Gasteiger partial charge in [0.2, 0.25) is 0 Å². The molecule has 0 heterocycles. The number of carbonyl (C=O) groups excluding carboxylic acids is 1. The third-order valence-electron chi connectivity index (χ3n) is 2.83. The zero-order chi connectivity index (χ0) is 15.3. The van der Waals surface area contributed by atoms with Crippen molar-refractivity contribution in [1.29, 1.82) is 0 Å². The highest BCUT2D eigenvalue weighted by Gasteiger charge is 2.17. The molecule has 2 atom stereocenters. The molecule has 1 aromatic carbocycles. The van der Waals surface area contributed by atoms with E-state index in [9.17, 15) is 19.1 Å². The van der Waals surface area contributed by atoms with Gasteiger partial charge in [-0.25, -0.2) is 0 Å². The van der Waals surface area contributed by atoms with Crippen molar-refractivity contribution in [2.45, 2.75) is 12.2 Å². The summed E-state index contributed by atoms with van der Waals surface area (Å²) in [5, 5.41) is 16.1. The van der Waals surface area contributed by atoms with E-state index in [0.717, 1.165) is 0 Å². The molecule has 20 heavy (non-hydrogen) atoms. The topological polar surface area (TPSA) is 101 Å². The van der Waals surface area contributed by atoms with E-state index in [2.05, 4.69) is 10.6 Å². The summed E-state index contributed by atoms with van der Waals surface area (Å²) >= 11 is 0. The van der Waals surface area contributed by atoms with E-state index in [1.165, 1.54) is 25.2 Å². The summed E-state index contributed by atoms with van der Waals surface area (Å²) in [4.78, 5) is 22.0. The number of anilines is 1. The van der Waals surface area contributed by atoms with Gasteiger partial charge >= 0.3 is 0 Å². The van der Waals surface area contributed by atoms with Gasteiger partial charge in [-0.1, -0.05) is 0 Å². The van der Waals surface area contributed by atoms with Crippen LogP contribution in [0.4, 0.5) is 11.4 Å². The van der Waals surface area contributed by atoms with Gasteiger partial charge in [0.05, 0.1) is 4.92 Å². The van der Waals surface area contributed by atoms with E-state index < -0.39 is 15.7 Å². The number of nitro benzene ring substituents is 1. The molecule has 0 saturated heterocycles. The SMILES string of the molecule is CNC(=O)c1ccc([N+](=O)[O-])c(NCC(C)S(C)=O)c1. The van der Waals surface area contributed by atoms with Crippen LogP contribution >= 0.6 is 0 Å². The van der Waals surface area contributed by atoms with Gasteiger partial charge in [0.1, 0.15) is 5.69 Å². The van der Waals surface area contributed by atoms with Crippen molar-refractivity contribution in [2.75, 3.05) is 25.2 Å². The summed E-state index contributed by atoms with van der Waals surface area (Å²) in [7, 11) is 0.457. The summed E-state index contributed by atoms with van der Waals surface area (Å²) in [5.74, 6) is -0.324. The number of nitrogens with zero attached hydrogens (tertiary/aromatic N) is 1. The van der Waals surface area contributed by atoms with E-state index >= 15 is 0 Å². The number of rotatable bonds is 6. The Morgan fingerprint density at radius 2 is 2.15 bits per heavy atom. The average Bonchev–Trinajstić information content (AvgIpc) is 2.43. The van der Waals surface area contributed by atoms with Crippen LogP contribution in [-0.2, 0) is 10.8 Å². The van der Waals surface area contributed by atoms with Crippen molar-refractivity contribution in [2.24, 2.45) is 0 Å². The average molecular weight is 299 g/mol. The number of amides is 1. The molecule has 2 unspecified atom stereocenters. The largest absolute Gasteiger partial charge is 0.378 e. The molecule has 1 rings (SSSR count). The maximum absolute atomic E-state index is 11.5. The summed E-state index contributed by atoms with van der Waals surface area (Å²) < 4.78 is 11.3. The maximum Gasteiger partial charge on any atom is 0.292 e. The summed E-state index contributed by atoms with van der Waals surface area (Å²) in [6, 6.07) is 4.09. The minimum Gasteiger partial charge on any atom is -0.378 e. The van der Waals surface area contributed by atoms with Gasteiger partial charge in [-0.3, -0.25) is 19.1 Å². The molecule has 7 nitrogen and oxygen atoms in total. The van der Waals surface area contributed by atoms with Gasteiger partial charge in [0.25, 0.3) is 11.6 Å².